The van der Waals surface area contributed by atoms with Crippen molar-refractivity contribution in [2.45, 2.75) is 6.54 Å². The summed E-state index contributed by atoms with van der Waals surface area (Å²) in [7, 11) is 0. The van der Waals surface area contributed by atoms with Crippen molar-refractivity contribution in [2.24, 2.45) is 0 Å². The number of halogens is 2. The molecule has 1 heterocycles. The number of carbonyl (C=O) groups is 1. The smallest absolute Gasteiger partial charge is 0.307 e. The maximum Gasteiger partial charge on any atom is 0.307 e. The third kappa shape index (κ3) is 4.19. The lowest BCUT2D eigenvalue weighted by atomic mass is 10.1. The number of carbonyl (C=O) groups excluding carboxylic acids is 1. The van der Waals surface area contributed by atoms with Crippen LogP contribution >= 0.6 is 23.2 Å². The fourth-order valence-corrected chi connectivity index (χ4v) is 2.61. The maximum absolute atomic E-state index is 12.3. The molecule has 132 valence electrons. The van der Waals surface area contributed by atoms with Gasteiger partial charge in [0, 0.05) is 10.6 Å². The Kier molecular flexibility index (Phi) is 5.20. The molecule has 3 rings (SSSR count). The molecule has 0 atom stereocenters. The molecular formula is C17H12Cl2N4O3. The first kappa shape index (κ1) is 17.9. The number of nitro groups is 1. The van der Waals surface area contributed by atoms with Crippen molar-refractivity contribution in [3.63, 3.8) is 0 Å². The SMILES string of the molecule is O=C(Nc1cc(Cl)ccc1Cl)c1ccc(Cn2cc([N+](=O)[O-])cn2)cc1. The molecule has 3 aromatic rings. The molecule has 0 spiro atoms. The minimum atomic E-state index is -0.502. The van der Waals surface area contributed by atoms with Crippen molar-refractivity contribution >= 4 is 40.5 Å². The topological polar surface area (TPSA) is 90.1 Å². The lowest BCUT2D eigenvalue weighted by molar-refractivity contribution is -0.385. The van der Waals surface area contributed by atoms with Crippen molar-refractivity contribution in [2.75, 3.05) is 5.32 Å². The van der Waals surface area contributed by atoms with Gasteiger partial charge in [-0.3, -0.25) is 19.6 Å². The Hall–Kier alpha value is -2.90. The summed E-state index contributed by atoms with van der Waals surface area (Å²) < 4.78 is 1.46. The molecule has 0 fully saturated rings. The van der Waals surface area contributed by atoms with Gasteiger partial charge in [0.25, 0.3) is 5.91 Å². The normalized spacial score (nSPS) is 10.5. The van der Waals surface area contributed by atoms with Gasteiger partial charge in [-0.15, -0.1) is 0 Å². The van der Waals surface area contributed by atoms with E-state index in [1.54, 1.807) is 42.5 Å². The summed E-state index contributed by atoms with van der Waals surface area (Å²) in [5, 5.41) is 18.2. The monoisotopic (exact) mass is 390 g/mol. The van der Waals surface area contributed by atoms with Crippen LogP contribution in [0.15, 0.2) is 54.9 Å². The Morgan fingerprint density at radius 2 is 1.92 bits per heavy atom. The number of nitrogens with zero attached hydrogens (tertiary/aromatic N) is 3. The highest BCUT2D eigenvalue weighted by atomic mass is 35.5. The molecule has 2 aromatic carbocycles. The zero-order valence-corrected chi connectivity index (χ0v) is 14.7. The number of aromatic nitrogens is 2. The lowest BCUT2D eigenvalue weighted by Crippen LogP contribution is -2.12. The third-order valence-corrected chi connectivity index (χ3v) is 4.13. The van der Waals surface area contributed by atoms with Gasteiger partial charge in [-0.2, -0.15) is 5.10 Å². The summed E-state index contributed by atoms with van der Waals surface area (Å²) in [6.07, 6.45) is 2.54. The summed E-state index contributed by atoms with van der Waals surface area (Å²) in [6, 6.07) is 11.6. The van der Waals surface area contributed by atoms with Crippen LogP contribution < -0.4 is 5.32 Å². The second-order valence-corrected chi connectivity index (χ2v) is 6.27. The highest BCUT2D eigenvalue weighted by Gasteiger charge is 2.11. The van der Waals surface area contributed by atoms with Crippen molar-refractivity contribution in [3.05, 3.63) is 86.1 Å². The molecule has 9 heteroatoms. The van der Waals surface area contributed by atoms with Crippen LogP contribution in [-0.2, 0) is 6.54 Å². The third-order valence-electron chi connectivity index (χ3n) is 3.57. The van der Waals surface area contributed by atoms with Crippen LogP contribution in [0.1, 0.15) is 15.9 Å². The largest absolute Gasteiger partial charge is 0.321 e. The fraction of sp³-hybridized carbons (Fsp3) is 0.0588. The minimum Gasteiger partial charge on any atom is -0.321 e. The zero-order chi connectivity index (χ0) is 18.7. The van der Waals surface area contributed by atoms with Gasteiger partial charge in [-0.05, 0) is 35.9 Å². The van der Waals surface area contributed by atoms with Crippen LogP contribution in [0.2, 0.25) is 10.0 Å². The van der Waals surface area contributed by atoms with E-state index in [9.17, 15) is 14.9 Å². The van der Waals surface area contributed by atoms with Crippen LogP contribution in [0.4, 0.5) is 11.4 Å². The summed E-state index contributed by atoms with van der Waals surface area (Å²) in [5.74, 6) is -0.324. The quantitative estimate of drug-likeness (QED) is 0.516. The van der Waals surface area contributed by atoms with Crippen molar-refractivity contribution < 1.29 is 9.72 Å². The molecule has 0 saturated heterocycles. The molecule has 0 unspecified atom stereocenters. The fourth-order valence-electron chi connectivity index (χ4n) is 2.27. The first-order valence-electron chi connectivity index (χ1n) is 7.44. The Bertz CT molecular complexity index is 970. The Morgan fingerprint density at radius 3 is 2.58 bits per heavy atom. The Labute approximate surface area is 158 Å². The molecule has 0 aliphatic carbocycles. The van der Waals surface area contributed by atoms with E-state index in [1.807, 2.05) is 0 Å². The standard InChI is InChI=1S/C17H12Cl2N4O3/c18-13-5-6-15(19)16(7-13)21-17(24)12-3-1-11(2-4-12)9-22-10-14(8-20-22)23(25)26/h1-8,10H,9H2,(H,21,24). The molecule has 0 aliphatic heterocycles. The molecule has 1 N–H and O–H groups in total. The second-order valence-electron chi connectivity index (χ2n) is 5.43. The number of nitrogens with one attached hydrogen (secondary N) is 1. The van der Waals surface area contributed by atoms with Crippen LogP contribution in [0.5, 0.6) is 0 Å². The van der Waals surface area contributed by atoms with Gasteiger partial charge in [0.1, 0.15) is 12.4 Å². The van der Waals surface area contributed by atoms with Crippen molar-refractivity contribution in [3.8, 4) is 0 Å². The Balaban J connectivity index is 1.69. The number of hydrogen-bond acceptors (Lipinski definition) is 4. The first-order chi connectivity index (χ1) is 12.4. The van der Waals surface area contributed by atoms with Crippen LogP contribution in [0, 0.1) is 10.1 Å². The highest BCUT2D eigenvalue weighted by Crippen LogP contribution is 2.26. The predicted octanol–water partition coefficient (Wildman–Crippen LogP) is 4.40. The van der Waals surface area contributed by atoms with E-state index < -0.39 is 4.92 Å². The molecule has 1 amide bonds. The molecular weight excluding hydrogens is 379 g/mol. The van der Waals surface area contributed by atoms with Gasteiger partial charge < -0.3 is 5.32 Å². The predicted molar refractivity (Wildman–Crippen MR) is 98.8 cm³/mol. The van der Waals surface area contributed by atoms with Gasteiger partial charge in [0.05, 0.1) is 22.2 Å². The average Bonchev–Trinajstić information content (AvgIpc) is 3.07. The first-order valence-corrected chi connectivity index (χ1v) is 8.20. The number of benzene rings is 2. The van der Waals surface area contributed by atoms with E-state index in [4.69, 9.17) is 23.2 Å². The minimum absolute atomic E-state index is 0.0700. The highest BCUT2D eigenvalue weighted by molar-refractivity contribution is 6.35. The summed E-state index contributed by atoms with van der Waals surface area (Å²) in [6.45, 7) is 0.357. The Morgan fingerprint density at radius 1 is 1.19 bits per heavy atom. The van der Waals surface area contributed by atoms with E-state index in [1.165, 1.54) is 17.1 Å². The number of rotatable bonds is 5. The molecule has 0 aliphatic rings. The van der Waals surface area contributed by atoms with Gasteiger partial charge in [0.2, 0.25) is 0 Å². The van der Waals surface area contributed by atoms with Crippen LogP contribution in [0.25, 0.3) is 0 Å². The number of anilines is 1. The number of amides is 1. The van der Waals surface area contributed by atoms with Gasteiger partial charge in [-0.25, -0.2) is 0 Å². The van der Waals surface area contributed by atoms with E-state index in [-0.39, 0.29) is 11.6 Å². The maximum atomic E-state index is 12.3. The van der Waals surface area contributed by atoms with E-state index in [0.717, 1.165) is 5.56 Å². The van der Waals surface area contributed by atoms with E-state index in [0.29, 0.717) is 27.8 Å². The molecule has 1 aromatic heterocycles. The molecule has 0 radical (unpaired) electrons. The molecule has 26 heavy (non-hydrogen) atoms. The molecule has 7 nitrogen and oxygen atoms in total. The molecule has 0 saturated carbocycles. The zero-order valence-electron chi connectivity index (χ0n) is 13.2. The summed E-state index contributed by atoms with van der Waals surface area (Å²) in [4.78, 5) is 22.5. The second kappa shape index (κ2) is 7.55. The van der Waals surface area contributed by atoms with Gasteiger partial charge in [-0.1, -0.05) is 35.3 Å². The van der Waals surface area contributed by atoms with Crippen LogP contribution in [-0.4, -0.2) is 20.6 Å². The lowest BCUT2D eigenvalue weighted by Gasteiger charge is -2.08. The summed E-state index contributed by atoms with van der Waals surface area (Å²) >= 11 is 11.9. The average molecular weight is 391 g/mol. The van der Waals surface area contributed by atoms with Crippen LogP contribution in [0.3, 0.4) is 0 Å². The molecule has 0 bridgehead atoms. The van der Waals surface area contributed by atoms with E-state index >= 15 is 0 Å². The number of hydrogen-bond donors (Lipinski definition) is 1. The van der Waals surface area contributed by atoms with Gasteiger partial charge in [0.15, 0.2) is 0 Å². The van der Waals surface area contributed by atoms with Crippen molar-refractivity contribution in [1.82, 2.24) is 9.78 Å². The van der Waals surface area contributed by atoms with Gasteiger partial charge >= 0.3 is 5.69 Å². The van der Waals surface area contributed by atoms with Crippen molar-refractivity contribution in [1.29, 1.82) is 0 Å². The summed E-state index contributed by atoms with van der Waals surface area (Å²) in [5.41, 5.74) is 1.65. The van der Waals surface area contributed by atoms with E-state index in [2.05, 4.69) is 10.4 Å².